The lowest BCUT2D eigenvalue weighted by Gasteiger charge is -2.12. The van der Waals surface area contributed by atoms with Crippen LogP contribution in [0.3, 0.4) is 0 Å². The first kappa shape index (κ1) is 20.8. The van der Waals surface area contributed by atoms with Crippen molar-refractivity contribution >= 4 is 28.5 Å². The van der Waals surface area contributed by atoms with Gasteiger partial charge >= 0.3 is 0 Å². The average molecular weight is 429 g/mol. The Morgan fingerprint density at radius 3 is 2.38 bits per heavy atom. The van der Waals surface area contributed by atoms with Gasteiger partial charge in [0, 0.05) is 29.9 Å². The minimum atomic E-state index is -0.429. The molecule has 0 unspecified atom stereocenters. The summed E-state index contributed by atoms with van der Waals surface area (Å²) in [5, 5.41) is 11.9. The van der Waals surface area contributed by atoms with E-state index in [1.54, 1.807) is 75.0 Å². The second-order valence-electron chi connectivity index (χ2n) is 6.70. The van der Waals surface area contributed by atoms with Gasteiger partial charge in [-0.1, -0.05) is 12.1 Å². The molecular formula is C24H19N3O5. The second kappa shape index (κ2) is 9.13. The van der Waals surface area contributed by atoms with Crippen LogP contribution in [0.15, 0.2) is 77.9 Å². The molecule has 0 atom stereocenters. The van der Waals surface area contributed by atoms with Gasteiger partial charge in [-0.3, -0.25) is 20.1 Å². The van der Waals surface area contributed by atoms with Gasteiger partial charge in [0.15, 0.2) is 11.5 Å². The number of ether oxygens (including phenoxy) is 3. The van der Waals surface area contributed by atoms with Gasteiger partial charge in [-0.2, -0.15) is 0 Å². The van der Waals surface area contributed by atoms with Crippen LogP contribution in [0, 0.1) is 10.1 Å². The van der Waals surface area contributed by atoms with Crippen molar-refractivity contribution in [1.29, 1.82) is 0 Å². The molecule has 160 valence electrons. The highest BCUT2D eigenvalue weighted by Crippen LogP contribution is 2.37. The molecule has 0 fully saturated rings. The van der Waals surface area contributed by atoms with Crippen molar-refractivity contribution < 1.29 is 19.1 Å². The van der Waals surface area contributed by atoms with Crippen LogP contribution in [0.1, 0.15) is 5.56 Å². The first-order valence-electron chi connectivity index (χ1n) is 9.65. The molecule has 0 spiro atoms. The number of fused-ring (bicyclic) bond motifs is 1. The van der Waals surface area contributed by atoms with Crippen molar-refractivity contribution in [3.05, 3.63) is 88.6 Å². The fourth-order valence-electron chi connectivity index (χ4n) is 3.17. The van der Waals surface area contributed by atoms with E-state index in [1.807, 2.05) is 6.07 Å². The summed E-state index contributed by atoms with van der Waals surface area (Å²) in [6, 6.07) is 18.9. The lowest BCUT2D eigenvalue weighted by atomic mass is 10.2. The fourth-order valence-corrected chi connectivity index (χ4v) is 3.17. The summed E-state index contributed by atoms with van der Waals surface area (Å²) in [5.74, 6) is 2.40. The molecule has 8 nitrogen and oxygen atoms in total. The second-order valence-corrected chi connectivity index (χ2v) is 6.70. The third kappa shape index (κ3) is 4.34. The van der Waals surface area contributed by atoms with Crippen molar-refractivity contribution in [3.63, 3.8) is 0 Å². The van der Waals surface area contributed by atoms with E-state index in [-0.39, 0.29) is 5.69 Å². The Kier molecular flexibility index (Phi) is 5.94. The van der Waals surface area contributed by atoms with Crippen molar-refractivity contribution in [2.75, 3.05) is 14.2 Å². The Balaban J connectivity index is 1.57. The monoisotopic (exact) mass is 429 g/mol. The zero-order valence-corrected chi connectivity index (χ0v) is 17.4. The number of hydrogen-bond acceptors (Lipinski definition) is 7. The Labute approximate surface area is 183 Å². The van der Waals surface area contributed by atoms with E-state index in [1.165, 1.54) is 12.3 Å². The summed E-state index contributed by atoms with van der Waals surface area (Å²) in [7, 11) is 3.15. The number of nitro benzene ring substituents is 1. The highest BCUT2D eigenvalue weighted by Gasteiger charge is 2.12. The van der Waals surface area contributed by atoms with E-state index in [0.717, 1.165) is 5.39 Å². The van der Waals surface area contributed by atoms with Crippen LogP contribution in [0.2, 0.25) is 0 Å². The maximum absolute atomic E-state index is 11.1. The molecule has 1 aromatic heterocycles. The highest BCUT2D eigenvalue weighted by molar-refractivity contribution is 5.88. The molecule has 0 radical (unpaired) electrons. The topological polar surface area (TPSA) is 96.1 Å². The van der Waals surface area contributed by atoms with Gasteiger partial charge in [0.1, 0.15) is 11.5 Å². The fraction of sp³-hybridized carbons (Fsp3) is 0.0833. The van der Waals surface area contributed by atoms with E-state index < -0.39 is 4.92 Å². The summed E-state index contributed by atoms with van der Waals surface area (Å²) >= 11 is 0. The van der Waals surface area contributed by atoms with Crippen LogP contribution in [0.5, 0.6) is 23.0 Å². The van der Waals surface area contributed by atoms with Crippen molar-refractivity contribution in [2.45, 2.75) is 0 Å². The van der Waals surface area contributed by atoms with E-state index in [2.05, 4.69) is 9.98 Å². The van der Waals surface area contributed by atoms with Gasteiger partial charge in [-0.05, 0) is 42.5 Å². The predicted molar refractivity (Wildman–Crippen MR) is 122 cm³/mol. The minimum absolute atomic E-state index is 0.00725. The van der Waals surface area contributed by atoms with Crippen LogP contribution >= 0.6 is 0 Å². The molecule has 8 heteroatoms. The summed E-state index contributed by atoms with van der Waals surface area (Å²) in [6.07, 6.45) is 3.14. The first-order chi connectivity index (χ1) is 15.6. The van der Waals surface area contributed by atoms with Gasteiger partial charge in [-0.25, -0.2) is 0 Å². The van der Waals surface area contributed by atoms with Gasteiger partial charge in [0.05, 0.1) is 35.9 Å². The number of aromatic nitrogens is 1. The summed E-state index contributed by atoms with van der Waals surface area (Å²) in [5.41, 5.74) is 1.80. The molecule has 32 heavy (non-hydrogen) atoms. The summed E-state index contributed by atoms with van der Waals surface area (Å²) in [6.45, 7) is 0. The molecule has 1 heterocycles. The van der Waals surface area contributed by atoms with Crippen LogP contribution in [0.25, 0.3) is 10.9 Å². The third-order valence-corrected chi connectivity index (χ3v) is 4.76. The molecule has 4 aromatic rings. The SMILES string of the molecule is COc1cc2nccc(Oc3ccc(/N=C/c4ccccc4[N+](=O)[O-])cc3)c2cc1OC. The molecule has 0 aliphatic heterocycles. The first-order valence-corrected chi connectivity index (χ1v) is 9.65. The Morgan fingerprint density at radius 2 is 1.66 bits per heavy atom. The molecule has 0 saturated carbocycles. The normalized spacial score (nSPS) is 10.9. The van der Waals surface area contributed by atoms with Crippen LogP contribution < -0.4 is 14.2 Å². The smallest absolute Gasteiger partial charge is 0.278 e. The molecule has 4 rings (SSSR count). The Morgan fingerprint density at radius 1 is 0.938 bits per heavy atom. The number of aliphatic imine (C=N–C) groups is 1. The zero-order valence-electron chi connectivity index (χ0n) is 17.4. The number of rotatable bonds is 7. The zero-order chi connectivity index (χ0) is 22.5. The van der Waals surface area contributed by atoms with Gasteiger partial charge in [0.2, 0.25) is 0 Å². The molecular weight excluding hydrogens is 410 g/mol. The van der Waals surface area contributed by atoms with E-state index in [4.69, 9.17) is 14.2 Å². The Bertz CT molecular complexity index is 1300. The van der Waals surface area contributed by atoms with Crippen LogP contribution in [0.4, 0.5) is 11.4 Å². The number of hydrogen-bond donors (Lipinski definition) is 0. The maximum Gasteiger partial charge on any atom is 0.278 e. The third-order valence-electron chi connectivity index (χ3n) is 4.76. The number of nitro groups is 1. The minimum Gasteiger partial charge on any atom is -0.493 e. The largest absolute Gasteiger partial charge is 0.493 e. The molecule has 0 aliphatic rings. The average Bonchev–Trinajstić information content (AvgIpc) is 2.83. The van der Waals surface area contributed by atoms with E-state index in [9.17, 15) is 10.1 Å². The molecule has 0 amide bonds. The van der Waals surface area contributed by atoms with Crippen molar-refractivity contribution in [2.24, 2.45) is 4.99 Å². The standard InChI is InChI=1S/C24H19N3O5/c1-30-23-13-19-20(14-24(23)31-2)25-12-11-22(19)32-18-9-7-17(8-10-18)26-15-16-5-3-4-6-21(16)27(28)29/h3-15H,1-2H3/b26-15+. The van der Waals surface area contributed by atoms with E-state index >= 15 is 0 Å². The van der Waals surface area contributed by atoms with Gasteiger partial charge < -0.3 is 14.2 Å². The Hall–Kier alpha value is -4.46. The number of pyridine rings is 1. The molecule has 0 bridgehead atoms. The lowest BCUT2D eigenvalue weighted by Crippen LogP contribution is -1.93. The number of methoxy groups -OCH3 is 2. The number of nitrogens with zero attached hydrogens (tertiary/aromatic N) is 3. The summed E-state index contributed by atoms with van der Waals surface area (Å²) in [4.78, 5) is 19.4. The lowest BCUT2D eigenvalue weighted by molar-refractivity contribution is -0.385. The number of benzene rings is 3. The number of para-hydroxylation sites is 1. The highest BCUT2D eigenvalue weighted by atomic mass is 16.6. The quantitative estimate of drug-likeness (QED) is 0.212. The molecule has 0 saturated heterocycles. The van der Waals surface area contributed by atoms with Gasteiger partial charge in [0.25, 0.3) is 5.69 Å². The van der Waals surface area contributed by atoms with E-state index in [0.29, 0.717) is 39.8 Å². The molecule has 0 N–H and O–H groups in total. The molecule has 3 aromatic carbocycles. The van der Waals surface area contributed by atoms with Gasteiger partial charge in [-0.15, -0.1) is 0 Å². The maximum atomic E-state index is 11.1. The van der Waals surface area contributed by atoms with Crippen LogP contribution in [-0.2, 0) is 0 Å². The van der Waals surface area contributed by atoms with Crippen molar-refractivity contribution in [1.82, 2.24) is 4.98 Å². The van der Waals surface area contributed by atoms with Crippen LogP contribution in [-0.4, -0.2) is 30.3 Å². The summed E-state index contributed by atoms with van der Waals surface area (Å²) < 4.78 is 16.8. The molecule has 0 aliphatic carbocycles. The predicted octanol–water partition coefficient (Wildman–Crippen LogP) is 5.70. The van der Waals surface area contributed by atoms with Crippen molar-refractivity contribution in [3.8, 4) is 23.0 Å².